The van der Waals surface area contributed by atoms with Crippen LogP contribution in [0.15, 0.2) is 126 Å². The van der Waals surface area contributed by atoms with Crippen LogP contribution in [0.3, 0.4) is 0 Å². The van der Waals surface area contributed by atoms with E-state index in [0.29, 0.717) is 0 Å². The van der Waals surface area contributed by atoms with Gasteiger partial charge in [0, 0.05) is 11.1 Å². The Hall–Kier alpha value is -3.98. The second-order valence-electron chi connectivity index (χ2n) is 7.54. The number of carbonyl (C=O) groups excluding carboxylic acids is 1. The molecule has 0 fully saturated rings. The molecule has 4 aromatic rings. The average molecular weight is 420 g/mol. The smallest absolute Gasteiger partial charge is 0.308 e. The summed E-state index contributed by atoms with van der Waals surface area (Å²) in [6.45, 7) is 0. The number of nitrogens with zero attached hydrogens (tertiary/aromatic N) is 1. The van der Waals surface area contributed by atoms with E-state index in [1.54, 1.807) is 0 Å². The molecule has 0 unspecified atom stereocenters. The van der Waals surface area contributed by atoms with Gasteiger partial charge in [0.1, 0.15) is 5.54 Å². The Bertz CT molecular complexity index is 1090. The van der Waals surface area contributed by atoms with Gasteiger partial charge in [0.25, 0.3) is 0 Å². The Morgan fingerprint density at radius 1 is 0.656 bits per heavy atom. The molecule has 32 heavy (non-hydrogen) atoms. The lowest BCUT2D eigenvalue weighted by molar-refractivity contribution is -0.141. The number of benzene rings is 4. The first-order valence-electron chi connectivity index (χ1n) is 10.6. The van der Waals surface area contributed by atoms with Crippen LogP contribution in [0.1, 0.15) is 28.7 Å². The lowest BCUT2D eigenvalue weighted by atomic mass is 9.80. The minimum absolute atomic E-state index is 0.0840. The number of rotatable bonds is 7. The van der Waals surface area contributed by atoms with Gasteiger partial charge in [-0.25, -0.2) is 0 Å². The number of ether oxygens (including phenoxy) is 1. The third-order valence-corrected chi connectivity index (χ3v) is 5.53. The zero-order valence-electron chi connectivity index (χ0n) is 18.0. The number of hydrogen-bond donors (Lipinski definition) is 0. The van der Waals surface area contributed by atoms with Crippen molar-refractivity contribution in [3.63, 3.8) is 0 Å². The molecule has 4 aromatic carbocycles. The molecule has 0 amide bonds. The topological polar surface area (TPSA) is 38.7 Å². The van der Waals surface area contributed by atoms with Gasteiger partial charge in [0.2, 0.25) is 0 Å². The van der Waals surface area contributed by atoms with Gasteiger partial charge in [-0.15, -0.1) is 0 Å². The van der Waals surface area contributed by atoms with E-state index in [-0.39, 0.29) is 12.4 Å². The molecule has 0 spiro atoms. The van der Waals surface area contributed by atoms with Crippen molar-refractivity contribution >= 4 is 11.7 Å². The van der Waals surface area contributed by atoms with Crippen LogP contribution in [-0.4, -0.2) is 18.8 Å². The Balaban J connectivity index is 2.05. The van der Waals surface area contributed by atoms with E-state index in [9.17, 15) is 4.79 Å². The molecule has 3 heteroatoms. The van der Waals surface area contributed by atoms with Crippen LogP contribution >= 0.6 is 0 Å². The van der Waals surface area contributed by atoms with Crippen molar-refractivity contribution in [2.24, 2.45) is 4.99 Å². The molecule has 0 saturated carbocycles. The molecule has 0 bridgehead atoms. The summed E-state index contributed by atoms with van der Waals surface area (Å²) < 4.78 is 5.13. The van der Waals surface area contributed by atoms with Gasteiger partial charge in [0.15, 0.2) is 0 Å². The fourth-order valence-electron chi connectivity index (χ4n) is 3.93. The van der Waals surface area contributed by atoms with E-state index in [4.69, 9.17) is 9.73 Å². The largest absolute Gasteiger partial charge is 0.469 e. The van der Waals surface area contributed by atoms with Crippen molar-refractivity contribution in [2.75, 3.05) is 7.11 Å². The van der Waals surface area contributed by atoms with Crippen LogP contribution in [0, 0.1) is 0 Å². The predicted molar refractivity (Wildman–Crippen MR) is 129 cm³/mol. The summed E-state index contributed by atoms with van der Waals surface area (Å²) in [6, 6.07) is 40.1. The molecular formula is C29H25NO2. The highest BCUT2D eigenvalue weighted by Gasteiger charge is 2.37. The van der Waals surface area contributed by atoms with Crippen molar-refractivity contribution < 1.29 is 9.53 Å². The Morgan fingerprint density at radius 2 is 1.03 bits per heavy atom. The molecular weight excluding hydrogens is 394 g/mol. The van der Waals surface area contributed by atoms with Crippen LogP contribution in [0.2, 0.25) is 0 Å². The van der Waals surface area contributed by atoms with E-state index >= 15 is 0 Å². The summed E-state index contributed by atoms with van der Waals surface area (Å²) >= 11 is 0. The van der Waals surface area contributed by atoms with Gasteiger partial charge >= 0.3 is 5.97 Å². The maximum atomic E-state index is 12.7. The van der Waals surface area contributed by atoms with Gasteiger partial charge in [-0.2, -0.15) is 0 Å². The zero-order chi connectivity index (χ0) is 22.2. The number of hydrogen-bond acceptors (Lipinski definition) is 3. The quantitative estimate of drug-likeness (QED) is 0.271. The highest BCUT2D eigenvalue weighted by molar-refractivity contribution is 6.13. The minimum Gasteiger partial charge on any atom is -0.469 e. The molecule has 0 heterocycles. The Morgan fingerprint density at radius 3 is 1.41 bits per heavy atom. The zero-order valence-corrected chi connectivity index (χ0v) is 18.0. The molecule has 4 rings (SSSR count). The second kappa shape index (κ2) is 9.88. The molecule has 0 aliphatic heterocycles. The van der Waals surface area contributed by atoms with Crippen LogP contribution in [0.4, 0.5) is 0 Å². The van der Waals surface area contributed by atoms with Crippen LogP contribution in [0.5, 0.6) is 0 Å². The van der Waals surface area contributed by atoms with Crippen molar-refractivity contribution in [2.45, 2.75) is 12.0 Å². The second-order valence-corrected chi connectivity index (χ2v) is 7.54. The van der Waals surface area contributed by atoms with Crippen molar-refractivity contribution in [3.05, 3.63) is 144 Å². The summed E-state index contributed by atoms with van der Waals surface area (Å²) in [5.41, 5.74) is 3.71. The summed E-state index contributed by atoms with van der Waals surface area (Å²) in [6.07, 6.45) is 0.0840. The number of esters is 1. The summed E-state index contributed by atoms with van der Waals surface area (Å²) in [5, 5.41) is 0. The molecule has 0 atom stereocenters. The minimum atomic E-state index is -0.948. The highest BCUT2D eigenvalue weighted by Crippen LogP contribution is 2.39. The molecule has 3 nitrogen and oxygen atoms in total. The van der Waals surface area contributed by atoms with Crippen LogP contribution in [-0.2, 0) is 15.1 Å². The molecule has 0 aromatic heterocycles. The summed E-state index contributed by atoms with van der Waals surface area (Å²) in [7, 11) is 1.42. The highest BCUT2D eigenvalue weighted by atomic mass is 16.5. The Labute approximate surface area is 189 Å². The molecule has 0 saturated heterocycles. The average Bonchev–Trinajstić information content (AvgIpc) is 2.88. The number of aliphatic imine (C=N–C) groups is 1. The molecule has 0 N–H and O–H groups in total. The van der Waals surface area contributed by atoms with Crippen LogP contribution in [0.25, 0.3) is 0 Å². The van der Waals surface area contributed by atoms with Gasteiger partial charge in [-0.05, 0) is 11.1 Å². The van der Waals surface area contributed by atoms with E-state index in [1.165, 1.54) is 7.11 Å². The van der Waals surface area contributed by atoms with Gasteiger partial charge in [0.05, 0.1) is 19.2 Å². The normalized spacial score (nSPS) is 10.9. The monoisotopic (exact) mass is 419 g/mol. The summed E-state index contributed by atoms with van der Waals surface area (Å²) in [5.74, 6) is -0.318. The molecule has 0 radical (unpaired) electrons. The van der Waals surface area contributed by atoms with Crippen molar-refractivity contribution in [1.29, 1.82) is 0 Å². The maximum Gasteiger partial charge on any atom is 0.308 e. The van der Waals surface area contributed by atoms with Gasteiger partial charge in [-0.1, -0.05) is 121 Å². The maximum absolute atomic E-state index is 12.7. The number of methoxy groups -OCH3 is 1. The first-order chi connectivity index (χ1) is 15.7. The first-order valence-corrected chi connectivity index (χ1v) is 10.6. The van der Waals surface area contributed by atoms with E-state index in [0.717, 1.165) is 28.0 Å². The SMILES string of the molecule is COC(=O)CC(N=C(c1ccccc1)c1ccccc1)(c1ccccc1)c1ccccc1. The number of carbonyl (C=O) groups is 1. The standard InChI is InChI=1S/C29H25NO2/c1-32-27(31)22-29(25-18-10-4-11-19-25,26-20-12-5-13-21-26)30-28(23-14-6-2-7-15-23)24-16-8-3-9-17-24/h2-21H,22H2,1H3. The fraction of sp³-hybridized carbons (Fsp3) is 0.103. The molecule has 0 aliphatic carbocycles. The third kappa shape index (κ3) is 4.52. The van der Waals surface area contributed by atoms with E-state index < -0.39 is 5.54 Å². The third-order valence-electron chi connectivity index (χ3n) is 5.53. The van der Waals surface area contributed by atoms with E-state index in [1.807, 2.05) is 121 Å². The van der Waals surface area contributed by atoms with Gasteiger partial charge in [-0.3, -0.25) is 9.79 Å². The van der Waals surface area contributed by atoms with Crippen molar-refractivity contribution in [1.82, 2.24) is 0 Å². The van der Waals surface area contributed by atoms with Crippen molar-refractivity contribution in [3.8, 4) is 0 Å². The van der Waals surface area contributed by atoms with Crippen LogP contribution < -0.4 is 0 Å². The lowest BCUT2D eigenvalue weighted by Crippen LogP contribution is -2.31. The molecule has 158 valence electrons. The first kappa shape index (κ1) is 21.3. The predicted octanol–water partition coefficient (Wildman–Crippen LogP) is 6.03. The molecule has 0 aliphatic rings. The lowest BCUT2D eigenvalue weighted by Gasteiger charge is -2.32. The fourth-order valence-corrected chi connectivity index (χ4v) is 3.93. The van der Waals surface area contributed by atoms with E-state index in [2.05, 4.69) is 0 Å². The Kier molecular flexibility index (Phi) is 6.57. The summed E-state index contributed by atoms with van der Waals surface area (Å²) in [4.78, 5) is 18.1. The van der Waals surface area contributed by atoms with Gasteiger partial charge < -0.3 is 4.74 Å².